The Morgan fingerprint density at radius 1 is 1.43 bits per heavy atom. The lowest BCUT2D eigenvalue weighted by Gasteiger charge is -2.20. The molecule has 3 rings (SSSR count). The predicted octanol–water partition coefficient (Wildman–Crippen LogP) is 0.777. The molecule has 1 spiro atoms. The Balaban J connectivity index is 2.00. The highest BCUT2D eigenvalue weighted by Crippen LogP contribution is 2.54. The molecule has 1 fully saturated rings. The molecule has 14 heavy (non-hydrogen) atoms. The van der Waals surface area contributed by atoms with Gasteiger partial charge in [0.05, 0.1) is 0 Å². The van der Waals surface area contributed by atoms with Gasteiger partial charge in [-0.3, -0.25) is 9.89 Å². The van der Waals surface area contributed by atoms with Crippen LogP contribution in [0.25, 0.3) is 0 Å². The highest BCUT2D eigenvalue weighted by molar-refractivity contribution is 5.92. The third-order valence-electron chi connectivity index (χ3n) is 3.60. The van der Waals surface area contributed by atoms with E-state index in [1.165, 1.54) is 19.3 Å². The molecule has 0 saturated heterocycles. The first-order valence-corrected chi connectivity index (χ1v) is 5.06. The summed E-state index contributed by atoms with van der Waals surface area (Å²) in [5.74, 6) is -0.408. The average Bonchev–Trinajstić information content (AvgIpc) is 2.77. The maximum Gasteiger partial charge on any atom is 0.269 e. The second kappa shape index (κ2) is 2.38. The van der Waals surface area contributed by atoms with E-state index < -0.39 is 5.91 Å². The van der Waals surface area contributed by atoms with Crippen molar-refractivity contribution in [1.82, 2.24) is 10.2 Å². The van der Waals surface area contributed by atoms with Crippen molar-refractivity contribution in [1.29, 1.82) is 0 Å². The van der Waals surface area contributed by atoms with E-state index in [1.54, 1.807) is 0 Å². The zero-order valence-electron chi connectivity index (χ0n) is 7.97. The van der Waals surface area contributed by atoms with Gasteiger partial charge in [-0.25, -0.2) is 0 Å². The van der Waals surface area contributed by atoms with E-state index in [2.05, 4.69) is 10.2 Å². The van der Waals surface area contributed by atoms with Gasteiger partial charge in [0, 0.05) is 11.3 Å². The topological polar surface area (TPSA) is 71.8 Å². The fourth-order valence-electron chi connectivity index (χ4n) is 2.48. The van der Waals surface area contributed by atoms with Crippen molar-refractivity contribution in [3.8, 4) is 0 Å². The van der Waals surface area contributed by atoms with Crippen molar-refractivity contribution in [3.63, 3.8) is 0 Å². The van der Waals surface area contributed by atoms with Crippen LogP contribution in [0.4, 0.5) is 0 Å². The second-order valence-corrected chi connectivity index (χ2v) is 4.57. The molecule has 0 radical (unpaired) electrons. The Hall–Kier alpha value is -1.32. The number of aromatic amines is 1. The number of hydrogen-bond donors (Lipinski definition) is 2. The summed E-state index contributed by atoms with van der Waals surface area (Å²) >= 11 is 0. The molecule has 2 aliphatic carbocycles. The van der Waals surface area contributed by atoms with Gasteiger partial charge in [-0.05, 0) is 37.5 Å². The summed E-state index contributed by atoms with van der Waals surface area (Å²) in [7, 11) is 0. The number of aromatic nitrogens is 2. The summed E-state index contributed by atoms with van der Waals surface area (Å²) in [6, 6.07) is 0. The lowest BCUT2D eigenvalue weighted by Crippen LogP contribution is -2.18. The highest BCUT2D eigenvalue weighted by Gasteiger charge is 2.45. The summed E-state index contributed by atoms with van der Waals surface area (Å²) in [5, 5.41) is 6.94. The van der Waals surface area contributed by atoms with Crippen LogP contribution in [-0.4, -0.2) is 16.1 Å². The fourth-order valence-corrected chi connectivity index (χ4v) is 2.48. The van der Waals surface area contributed by atoms with Crippen LogP contribution in [0.15, 0.2) is 0 Å². The molecule has 1 aromatic rings. The molecular weight excluding hydrogens is 178 g/mol. The smallest absolute Gasteiger partial charge is 0.269 e. The summed E-state index contributed by atoms with van der Waals surface area (Å²) < 4.78 is 0. The third-order valence-corrected chi connectivity index (χ3v) is 3.60. The first-order chi connectivity index (χ1) is 6.70. The Morgan fingerprint density at radius 2 is 2.21 bits per heavy atom. The number of nitrogens with zero attached hydrogens (tertiary/aromatic N) is 1. The molecule has 0 bridgehead atoms. The number of primary amides is 1. The molecule has 2 aliphatic rings. The van der Waals surface area contributed by atoms with E-state index in [1.807, 2.05) is 0 Å². The van der Waals surface area contributed by atoms with Gasteiger partial charge < -0.3 is 5.73 Å². The van der Waals surface area contributed by atoms with E-state index in [0.717, 1.165) is 24.1 Å². The van der Waals surface area contributed by atoms with E-state index >= 15 is 0 Å². The van der Waals surface area contributed by atoms with Crippen molar-refractivity contribution >= 4 is 5.91 Å². The summed E-state index contributed by atoms with van der Waals surface area (Å²) in [6.45, 7) is 0. The van der Waals surface area contributed by atoms with Crippen molar-refractivity contribution in [2.45, 2.75) is 32.1 Å². The summed E-state index contributed by atoms with van der Waals surface area (Å²) in [4.78, 5) is 11.1. The normalized spacial score (nSPS) is 22.0. The van der Waals surface area contributed by atoms with Gasteiger partial charge in [-0.15, -0.1) is 0 Å². The van der Waals surface area contributed by atoms with Crippen LogP contribution in [0.2, 0.25) is 0 Å². The van der Waals surface area contributed by atoms with Crippen LogP contribution >= 0.6 is 0 Å². The summed E-state index contributed by atoms with van der Waals surface area (Å²) in [6.07, 6.45) is 5.88. The SMILES string of the molecule is NC(=O)c1n[nH]c2c1CCC1(CC1)C2. The number of carbonyl (C=O) groups is 1. The van der Waals surface area contributed by atoms with Crippen LogP contribution < -0.4 is 5.73 Å². The monoisotopic (exact) mass is 191 g/mol. The van der Waals surface area contributed by atoms with Gasteiger partial charge in [-0.1, -0.05) is 0 Å². The second-order valence-electron chi connectivity index (χ2n) is 4.57. The third kappa shape index (κ3) is 0.997. The minimum absolute atomic E-state index is 0.408. The molecule has 1 amide bonds. The number of fused-ring (bicyclic) bond motifs is 1. The standard InChI is InChI=1S/C10H13N3O/c11-9(14)8-6-1-2-10(3-4-10)5-7(6)12-13-8/h1-5H2,(H2,11,14)(H,12,13). The number of H-pyrrole nitrogens is 1. The molecule has 1 saturated carbocycles. The maximum atomic E-state index is 11.1. The van der Waals surface area contributed by atoms with Crippen molar-refractivity contribution in [2.75, 3.05) is 0 Å². The van der Waals surface area contributed by atoms with Gasteiger partial charge in [0.2, 0.25) is 0 Å². The number of rotatable bonds is 1. The van der Waals surface area contributed by atoms with E-state index in [0.29, 0.717) is 11.1 Å². The van der Waals surface area contributed by atoms with Crippen LogP contribution in [0.3, 0.4) is 0 Å². The minimum Gasteiger partial charge on any atom is -0.364 e. The Bertz CT molecular complexity index is 403. The highest BCUT2D eigenvalue weighted by atomic mass is 16.1. The predicted molar refractivity (Wildman–Crippen MR) is 50.8 cm³/mol. The molecule has 1 aromatic heterocycles. The molecular formula is C10H13N3O. The first kappa shape index (κ1) is 8.03. The summed E-state index contributed by atoms with van der Waals surface area (Å²) in [5.41, 5.74) is 8.45. The molecule has 4 nitrogen and oxygen atoms in total. The van der Waals surface area contributed by atoms with Gasteiger partial charge in [0.15, 0.2) is 5.69 Å². The lowest BCUT2D eigenvalue weighted by molar-refractivity contribution is 0.0994. The number of hydrogen-bond acceptors (Lipinski definition) is 2. The molecule has 1 heterocycles. The van der Waals surface area contributed by atoms with Crippen LogP contribution in [0, 0.1) is 5.41 Å². The molecule has 0 aliphatic heterocycles. The molecule has 3 N–H and O–H groups in total. The number of amides is 1. The number of carbonyl (C=O) groups excluding carboxylic acids is 1. The van der Waals surface area contributed by atoms with Gasteiger partial charge >= 0.3 is 0 Å². The molecule has 0 aromatic carbocycles. The zero-order valence-corrected chi connectivity index (χ0v) is 7.97. The van der Waals surface area contributed by atoms with Crippen LogP contribution in [0.5, 0.6) is 0 Å². The first-order valence-electron chi connectivity index (χ1n) is 5.06. The van der Waals surface area contributed by atoms with Gasteiger partial charge in [0.25, 0.3) is 5.91 Å². The Morgan fingerprint density at radius 3 is 2.86 bits per heavy atom. The molecule has 0 atom stereocenters. The van der Waals surface area contributed by atoms with Crippen molar-refractivity contribution in [2.24, 2.45) is 11.1 Å². The number of nitrogens with one attached hydrogen (secondary N) is 1. The largest absolute Gasteiger partial charge is 0.364 e. The Kier molecular flexibility index (Phi) is 1.36. The van der Waals surface area contributed by atoms with E-state index in [4.69, 9.17) is 5.73 Å². The fraction of sp³-hybridized carbons (Fsp3) is 0.600. The quantitative estimate of drug-likeness (QED) is 0.688. The zero-order chi connectivity index (χ0) is 9.76. The Labute approximate surface area is 81.9 Å². The minimum atomic E-state index is -0.408. The maximum absolute atomic E-state index is 11.1. The molecule has 4 heteroatoms. The van der Waals surface area contributed by atoms with Gasteiger partial charge in [0.1, 0.15) is 0 Å². The van der Waals surface area contributed by atoms with Crippen molar-refractivity contribution in [3.05, 3.63) is 17.0 Å². The molecule has 0 unspecified atom stereocenters. The van der Waals surface area contributed by atoms with Gasteiger partial charge in [-0.2, -0.15) is 5.10 Å². The number of nitrogens with two attached hydrogens (primary N) is 1. The molecule has 74 valence electrons. The van der Waals surface area contributed by atoms with E-state index in [9.17, 15) is 4.79 Å². The lowest BCUT2D eigenvalue weighted by atomic mass is 9.84. The average molecular weight is 191 g/mol. The van der Waals surface area contributed by atoms with Crippen LogP contribution in [0.1, 0.15) is 41.0 Å². The van der Waals surface area contributed by atoms with Crippen LogP contribution in [-0.2, 0) is 12.8 Å². The van der Waals surface area contributed by atoms with Crippen molar-refractivity contribution < 1.29 is 4.79 Å². The van der Waals surface area contributed by atoms with E-state index in [-0.39, 0.29) is 0 Å².